The lowest BCUT2D eigenvalue weighted by molar-refractivity contribution is -0.733. The molecule has 17 nitrogen and oxygen atoms in total. The van der Waals surface area contributed by atoms with Crippen molar-refractivity contribution in [2.24, 2.45) is 0 Å². The molecule has 3 rings (SSSR count). The largest absolute Gasteiger partial charge is 0.748 e. The summed E-state index contributed by atoms with van der Waals surface area (Å²) in [7, 11) is -11.1. The molecule has 0 aromatic rings. The highest BCUT2D eigenvalue weighted by molar-refractivity contribution is 8.13. The summed E-state index contributed by atoms with van der Waals surface area (Å²) in [6, 6.07) is 0. The van der Waals surface area contributed by atoms with Gasteiger partial charge in [-0.25, -0.2) is 33.7 Å². The zero-order chi connectivity index (χ0) is 43.0. The van der Waals surface area contributed by atoms with Crippen LogP contribution in [0.5, 0.6) is 0 Å². The van der Waals surface area contributed by atoms with Gasteiger partial charge in [0.2, 0.25) is 37.3 Å². The minimum Gasteiger partial charge on any atom is -0.748 e. The van der Waals surface area contributed by atoms with E-state index in [9.17, 15) is 69.3 Å². The molecule has 0 radical (unpaired) electrons. The number of nitrogens with zero attached hydrogens (tertiary/aromatic N) is 7. The molecule has 0 N–H and O–H groups in total. The zero-order valence-corrected chi connectivity index (χ0v) is 32.6. The molecule has 3 heterocycles. The van der Waals surface area contributed by atoms with Gasteiger partial charge in [0.05, 0.1) is 17.0 Å². The molecule has 0 aromatic carbocycles. The van der Waals surface area contributed by atoms with E-state index in [4.69, 9.17) is 13.0 Å². The Bertz CT molecular complexity index is 1730. The number of hydrogen-bond donors (Lipinski definition) is 0. The van der Waals surface area contributed by atoms with Crippen LogP contribution in [-0.2, 0) is 40.3 Å². The maximum atomic E-state index is 11.4. The first-order chi connectivity index (χ1) is 23.3. The summed E-state index contributed by atoms with van der Waals surface area (Å²) in [6.07, 6.45) is 14.1. The quantitative estimate of drug-likeness (QED) is 0.156. The Hall–Kier alpha value is -2.93. The van der Waals surface area contributed by atoms with E-state index in [1.807, 2.05) is 6.92 Å². The number of unbranched alkanes of at least 4 members (excludes halogenated alkanes) is 1. The fraction of sp³-hybridized carbons (Fsp3) is 0.739. The highest BCUT2D eigenvalue weighted by Crippen LogP contribution is 2.36. The highest BCUT2D eigenvalue weighted by Gasteiger charge is 2.47. The third kappa shape index (κ3) is 24.9. The van der Waals surface area contributed by atoms with Crippen LogP contribution >= 0.6 is 0 Å². The molecular formula is C23H41F9N7O10S4+3. The number of sulfonamides is 2. The maximum Gasteiger partial charge on any atom is 0.485 e. The van der Waals surface area contributed by atoms with Gasteiger partial charge in [0.25, 0.3) is 0 Å². The van der Waals surface area contributed by atoms with E-state index in [1.54, 1.807) is 0 Å². The van der Waals surface area contributed by atoms with Crippen molar-refractivity contribution >= 4 is 77.6 Å². The van der Waals surface area contributed by atoms with Crippen LogP contribution in [0.3, 0.4) is 0 Å². The van der Waals surface area contributed by atoms with E-state index in [0.717, 1.165) is 23.9 Å². The fourth-order valence-electron chi connectivity index (χ4n) is 2.63. The van der Waals surface area contributed by atoms with Gasteiger partial charge in [-0.3, -0.25) is 0 Å². The van der Waals surface area contributed by atoms with Crippen LogP contribution in [0, 0.1) is 0 Å². The molecule has 0 saturated heterocycles. The minimum atomic E-state index is -6.72. The second kappa shape index (κ2) is 21.8. The summed E-state index contributed by atoms with van der Waals surface area (Å²) >= 11 is 0. The third-order valence-corrected chi connectivity index (χ3v) is 9.67. The van der Waals surface area contributed by atoms with Gasteiger partial charge in [0.1, 0.15) is 42.3 Å². The first kappa shape index (κ1) is 54.4. The third-order valence-electron chi connectivity index (χ3n) is 5.57. The Morgan fingerprint density at radius 3 is 0.943 bits per heavy atom. The van der Waals surface area contributed by atoms with Gasteiger partial charge in [-0.2, -0.15) is 67.0 Å². The van der Waals surface area contributed by atoms with Gasteiger partial charge in [0.15, 0.2) is 30.2 Å². The van der Waals surface area contributed by atoms with Gasteiger partial charge in [-0.15, -0.1) is 0 Å². The Balaban J connectivity index is -0.000000581. The van der Waals surface area contributed by atoms with Crippen molar-refractivity contribution in [2.75, 3.05) is 61.4 Å². The summed E-state index contributed by atoms with van der Waals surface area (Å²) in [5, 5.41) is 0. The normalized spacial score (nSPS) is 16.4. The van der Waals surface area contributed by atoms with Crippen molar-refractivity contribution < 1.29 is 110 Å². The first-order valence-electron chi connectivity index (χ1n) is 13.9. The molecule has 0 amide bonds. The van der Waals surface area contributed by atoms with Crippen molar-refractivity contribution in [1.29, 1.82) is 0 Å². The molecule has 0 aromatic heterocycles. The van der Waals surface area contributed by atoms with Gasteiger partial charge >= 0.3 is 36.0 Å². The molecular weight excluding hydrogens is 834 g/mol. The Kier molecular flexibility index (Phi) is 22.4. The van der Waals surface area contributed by atoms with E-state index in [-0.39, 0.29) is 5.75 Å². The second-order valence-electron chi connectivity index (χ2n) is 10.6. The van der Waals surface area contributed by atoms with Gasteiger partial charge < -0.3 is 13.2 Å². The summed E-state index contributed by atoms with van der Waals surface area (Å²) < 4.78 is 210. The number of alkyl halides is 9. The molecule has 0 fully saturated rings. The van der Waals surface area contributed by atoms with Crippen LogP contribution in [0.4, 0.5) is 39.5 Å². The standard InChI is InChI=1S/C6H12N2.2C5H10N2.C4H10O3S.C2F6NO4S2.CHF3O3S/c1-6-7(2)4-5-8(6)3;2*1-6-3-4-7(2)5-6;1-2-3-4-8(5,6)7;3-1(4,5)14(10,11)9-15(12,13)2(6,7)8;2-1(3,4)8(5,6)7/h4-6H,1-3H3;2*3-4H,5H2,1-2H3;2-4H2,1H3,(H,5,6,7);;(H,5,6,7)/q3*+2;;-1;/p-2. The minimum absolute atomic E-state index is 0.219. The monoisotopic (exact) mass is 874 g/mol. The average molecular weight is 875 g/mol. The van der Waals surface area contributed by atoms with E-state index in [2.05, 4.69) is 114 Å². The predicted octanol–water partition coefficient (Wildman–Crippen LogP) is -0.0180. The van der Waals surface area contributed by atoms with E-state index in [0.29, 0.717) is 12.6 Å². The lowest BCUT2D eigenvalue weighted by Crippen LogP contribution is -2.30. The summed E-state index contributed by atoms with van der Waals surface area (Å²) in [6.45, 7) is 6.06. The molecule has 3 aliphatic heterocycles. The maximum absolute atomic E-state index is 11.4. The Morgan fingerprint density at radius 1 is 0.585 bits per heavy atom. The summed E-state index contributed by atoms with van der Waals surface area (Å²) in [5.74, 6) is -0.219. The average Bonchev–Trinajstić information content (AvgIpc) is 3.60. The van der Waals surface area contributed by atoms with E-state index < -0.39 is 56.8 Å². The van der Waals surface area contributed by atoms with Crippen LogP contribution in [-0.4, -0.2) is 192 Å². The highest BCUT2D eigenvalue weighted by atomic mass is 32.3. The predicted molar refractivity (Wildman–Crippen MR) is 171 cm³/mol. The summed E-state index contributed by atoms with van der Waals surface area (Å²) in [5.41, 5.74) is -18.1. The van der Waals surface area contributed by atoms with Crippen molar-refractivity contribution in [3.63, 3.8) is 0 Å². The van der Waals surface area contributed by atoms with Crippen molar-refractivity contribution in [3.05, 3.63) is 4.13 Å². The van der Waals surface area contributed by atoms with Gasteiger partial charge in [0, 0.05) is 5.75 Å². The SMILES string of the molecule is CC1[N+](C)=CC=[N+]1C.CCCCS(=O)(=O)[O-].C[N+]1=CC=[N+](C)C1.C[N+]1=CC=[N+](C)C1.O=S(=O)([N-]S(=O)(=O)C(F)(F)F)C(F)(F)F.O=S(=O)([O-])C(F)(F)F. The van der Waals surface area contributed by atoms with Gasteiger partial charge in [-0.05, 0) is 6.42 Å². The summed E-state index contributed by atoms with van der Waals surface area (Å²) in [4.78, 5) is 0. The van der Waals surface area contributed by atoms with Crippen LogP contribution in [0.15, 0.2) is 0 Å². The molecule has 312 valence electrons. The lowest BCUT2D eigenvalue weighted by atomic mass is 10.4. The van der Waals surface area contributed by atoms with E-state index in [1.165, 1.54) is 0 Å². The Morgan fingerprint density at radius 2 is 0.849 bits per heavy atom. The zero-order valence-electron chi connectivity index (χ0n) is 29.3. The molecule has 53 heavy (non-hydrogen) atoms. The molecule has 30 heteroatoms. The smallest absolute Gasteiger partial charge is 0.485 e. The van der Waals surface area contributed by atoms with Crippen molar-refractivity contribution in [2.45, 2.75) is 49.4 Å². The second-order valence-corrected chi connectivity index (χ2v) is 16.9. The molecule has 0 aliphatic carbocycles. The molecule has 3 aliphatic rings. The Labute approximate surface area is 301 Å². The van der Waals surface area contributed by atoms with Crippen LogP contribution in [0.2, 0.25) is 0 Å². The molecule has 0 saturated carbocycles. The van der Waals surface area contributed by atoms with Gasteiger partial charge in [-0.1, -0.05) is 13.3 Å². The fourth-order valence-corrected chi connectivity index (χ4v) is 4.98. The molecule has 0 atom stereocenters. The van der Waals surface area contributed by atoms with Crippen molar-refractivity contribution in [1.82, 2.24) is 0 Å². The molecule has 0 spiro atoms. The number of hydrogen-bond acceptors (Lipinski definition) is 10. The van der Waals surface area contributed by atoms with Crippen LogP contribution < -0.4 is 0 Å². The van der Waals surface area contributed by atoms with Crippen LogP contribution in [0.1, 0.15) is 26.7 Å². The number of rotatable bonds is 5. The molecule has 0 bridgehead atoms. The topological polar surface area (TPSA) is 215 Å². The first-order valence-corrected chi connectivity index (χ1v) is 19.8. The number of halogens is 9. The van der Waals surface area contributed by atoms with Crippen LogP contribution in [0.25, 0.3) is 4.13 Å². The lowest BCUT2D eigenvalue weighted by Gasteiger charge is -2.22. The van der Waals surface area contributed by atoms with E-state index >= 15 is 0 Å². The van der Waals surface area contributed by atoms with Crippen molar-refractivity contribution in [3.8, 4) is 0 Å². The molecule has 0 unspecified atom stereocenters.